The van der Waals surface area contributed by atoms with Crippen LogP contribution in [0.1, 0.15) is 65.7 Å². The maximum Gasteiger partial charge on any atom is 0.0586 e. The third kappa shape index (κ3) is 6.42. The standard InChI is InChI=1S/C15H31NO/c1-12(2)7-5-8-13(3)16-14-9-6-10-15(11-14)17-4/h12-16H,5-11H2,1-4H3. The average Bonchev–Trinajstić information content (AvgIpc) is 2.28. The molecule has 0 aromatic rings. The fourth-order valence-corrected chi connectivity index (χ4v) is 2.83. The molecule has 1 aliphatic carbocycles. The zero-order valence-corrected chi connectivity index (χ0v) is 12.2. The molecule has 102 valence electrons. The van der Waals surface area contributed by atoms with E-state index in [-0.39, 0.29) is 0 Å². The van der Waals surface area contributed by atoms with Crippen molar-refractivity contribution in [2.24, 2.45) is 5.92 Å². The molecule has 0 amide bonds. The summed E-state index contributed by atoms with van der Waals surface area (Å²) in [5, 5.41) is 3.78. The number of methoxy groups -OCH3 is 1. The minimum atomic E-state index is 0.490. The Morgan fingerprint density at radius 2 is 1.94 bits per heavy atom. The van der Waals surface area contributed by atoms with Gasteiger partial charge in [0.15, 0.2) is 0 Å². The molecule has 0 heterocycles. The van der Waals surface area contributed by atoms with Gasteiger partial charge in [-0.15, -0.1) is 0 Å². The van der Waals surface area contributed by atoms with Crippen LogP contribution in [0.15, 0.2) is 0 Å². The first-order chi connectivity index (χ1) is 8.11. The molecule has 0 saturated heterocycles. The van der Waals surface area contributed by atoms with Crippen LogP contribution in [-0.4, -0.2) is 25.3 Å². The number of rotatable bonds is 7. The molecule has 3 unspecified atom stereocenters. The van der Waals surface area contributed by atoms with Crippen molar-refractivity contribution in [3.8, 4) is 0 Å². The maximum atomic E-state index is 5.48. The number of ether oxygens (including phenoxy) is 1. The van der Waals surface area contributed by atoms with Crippen LogP contribution in [0.25, 0.3) is 0 Å². The smallest absolute Gasteiger partial charge is 0.0586 e. The summed E-state index contributed by atoms with van der Waals surface area (Å²) in [5.41, 5.74) is 0. The van der Waals surface area contributed by atoms with Gasteiger partial charge in [-0.1, -0.05) is 26.7 Å². The first-order valence-electron chi connectivity index (χ1n) is 7.40. The molecule has 0 bridgehead atoms. The van der Waals surface area contributed by atoms with Crippen LogP contribution >= 0.6 is 0 Å². The summed E-state index contributed by atoms with van der Waals surface area (Å²) in [4.78, 5) is 0. The molecule has 1 rings (SSSR count). The molecular formula is C15H31NO. The minimum Gasteiger partial charge on any atom is -0.381 e. The lowest BCUT2D eigenvalue weighted by atomic mass is 9.92. The van der Waals surface area contributed by atoms with Crippen LogP contribution in [0.3, 0.4) is 0 Å². The molecule has 0 aromatic carbocycles. The summed E-state index contributed by atoms with van der Waals surface area (Å²) < 4.78 is 5.48. The second-order valence-corrected chi connectivity index (χ2v) is 6.11. The third-order valence-electron chi connectivity index (χ3n) is 3.90. The SMILES string of the molecule is COC1CCCC(NC(C)CCCC(C)C)C1. The van der Waals surface area contributed by atoms with E-state index in [1.165, 1.54) is 44.9 Å². The zero-order chi connectivity index (χ0) is 12.7. The van der Waals surface area contributed by atoms with E-state index in [1.54, 1.807) is 0 Å². The average molecular weight is 241 g/mol. The van der Waals surface area contributed by atoms with Gasteiger partial charge in [0.25, 0.3) is 0 Å². The van der Waals surface area contributed by atoms with Crippen molar-refractivity contribution in [1.29, 1.82) is 0 Å². The Hall–Kier alpha value is -0.0800. The Morgan fingerprint density at radius 3 is 2.59 bits per heavy atom. The molecule has 0 aromatic heterocycles. The molecule has 1 fully saturated rings. The summed E-state index contributed by atoms with van der Waals surface area (Å²) in [5.74, 6) is 0.842. The van der Waals surface area contributed by atoms with Crippen molar-refractivity contribution in [3.63, 3.8) is 0 Å². The molecule has 2 nitrogen and oxygen atoms in total. The van der Waals surface area contributed by atoms with Gasteiger partial charge in [0, 0.05) is 19.2 Å². The van der Waals surface area contributed by atoms with E-state index in [9.17, 15) is 0 Å². The Kier molecular flexibility index (Phi) is 7.14. The Bertz CT molecular complexity index is 193. The topological polar surface area (TPSA) is 21.3 Å². The minimum absolute atomic E-state index is 0.490. The largest absolute Gasteiger partial charge is 0.381 e. The molecule has 1 saturated carbocycles. The normalized spacial score (nSPS) is 27.4. The quantitative estimate of drug-likeness (QED) is 0.733. The third-order valence-corrected chi connectivity index (χ3v) is 3.90. The van der Waals surface area contributed by atoms with Crippen LogP contribution in [0.2, 0.25) is 0 Å². The lowest BCUT2D eigenvalue weighted by Gasteiger charge is -2.31. The van der Waals surface area contributed by atoms with Gasteiger partial charge in [-0.25, -0.2) is 0 Å². The number of hydrogen-bond acceptors (Lipinski definition) is 2. The van der Waals surface area contributed by atoms with Crippen molar-refractivity contribution in [2.75, 3.05) is 7.11 Å². The molecule has 1 aliphatic rings. The van der Waals surface area contributed by atoms with Gasteiger partial charge in [0.1, 0.15) is 0 Å². The van der Waals surface area contributed by atoms with Crippen LogP contribution in [-0.2, 0) is 4.74 Å². The molecule has 17 heavy (non-hydrogen) atoms. The van der Waals surface area contributed by atoms with Crippen molar-refractivity contribution >= 4 is 0 Å². The first-order valence-corrected chi connectivity index (χ1v) is 7.40. The fourth-order valence-electron chi connectivity index (χ4n) is 2.83. The van der Waals surface area contributed by atoms with Crippen molar-refractivity contribution in [1.82, 2.24) is 5.32 Å². The molecule has 0 aliphatic heterocycles. The first kappa shape index (κ1) is 15.0. The summed E-state index contributed by atoms with van der Waals surface area (Å²) >= 11 is 0. The Labute approximate surface area is 108 Å². The van der Waals surface area contributed by atoms with Gasteiger partial charge in [0.05, 0.1) is 6.10 Å². The number of hydrogen-bond donors (Lipinski definition) is 1. The molecule has 3 atom stereocenters. The number of nitrogens with one attached hydrogen (secondary N) is 1. The predicted octanol–water partition coefficient (Wildman–Crippen LogP) is 3.75. The molecule has 0 spiro atoms. The van der Waals surface area contributed by atoms with E-state index in [0.717, 1.165) is 5.92 Å². The van der Waals surface area contributed by atoms with E-state index < -0.39 is 0 Å². The maximum absolute atomic E-state index is 5.48. The molecular weight excluding hydrogens is 210 g/mol. The highest BCUT2D eigenvalue weighted by Gasteiger charge is 2.22. The summed E-state index contributed by atoms with van der Waals surface area (Å²) in [7, 11) is 1.85. The highest BCUT2D eigenvalue weighted by Crippen LogP contribution is 2.21. The summed E-state index contributed by atoms with van der Waals surface area (Å²) in [6, 6.07) is 1.34. The van der Waals surface area contributed by atoms with Gasteiger partial charge in [0.2, 0.25) is 0 Å². The predicted molar refractivity (Wildman–Crippen MR) is 74.3 cm³/mol. The van der Waals surface area contributed by atoms with Crippen molar-refractivity contribution in [3.05, 3.63) is 0 Å². The van der Waals surface area contributed by atoms with E-state index >= 15 is 0 Å². The van der Waals surface area contributed by atoms with Crippen LogP contribution in [0, 0.1) is 5.92 Å². The van der Waals surface area contributed by atoms with Gasteiger partial charge < -0.3 is 10.1 Å². The highest BCUT2D eigenvalue weighted by molar-refractivity contribution is 4.80. The van der Waals surface area contributed by atoms with Gasteiger partial charge in [-0.2, -0.15) is 0 Å². The lowest BCUT2D eigenvalue weighted by Crippen LogP contribution is -2.41. The van der Waals surface area contributed by atoms with Crippen LogP contribution in [0.4, 0.5) is 0 Å². The van der Waals surface area contributed by atoms with Gasteiger partial charge >= 0.3 is 0 Å². The summed E-state index contributed by atoms with van der Waals surface area (Å²) in [6.45, 7) is 6.95. The lowest BCUT2D eigenvalue weighted by molar-refractivity contribution is 0.0570. The Balaban J connectivity index is 2.14. The second-order valence-electron chi connectivity index (χ2n) is 6.11. The van der Waals surface area contributed by atoms with E-state index in [4.69, 9.17) is 4.74 Å². The Morgan fingerprint density at radius 1 is 1.18 bits per heavy atom. The van der Waals surface area contributed by atoms with Crippen LogP contribution in [0.5, 0.6) is 0 Å². The fraction of sp³-hybridized carbons (Fsp3) is 1.00. The van der Waals surface area contributed by atoms with Gasteiger partial charge in [-0.05, 0) is 44.9 Å². The van der Waals surface area contributed by atoms with Crippen molar-refractivity contribution < 1.29 is 4.74 Å². The second kappa shape index (κ2) is 8.10. The van der Waals surface area contributed by atoms with E-state index in [1.807, 2.05) is 7.11 Å². The van der Waals surface area contributed by atoms with Gasteiger partial charge in [-0.3, -0.25) is 0 Å². The van der Waals surface area contributed by atoms with E-state index in [2.05, 4.69) is 26.1 Å². The summed E-state index contributed by atoms with van der Waals surface area (Å²) in [6.07, 6.45) is 9.60. The molecule has 0 radical (unpaired) electrons. The van der Waals surface area contributed by atoms with E-state index in [0.29, 0.717) is 18.2 Å². The zero-order valence-electron chi connectivity index (χ0n) is 12.2. The monoisotopic (exact) mass is 241 g/mol. The highest BCUT2D eigenvalue weighted by atomic mass is 16.5. The molecule has 1 N–H and O–H groups in total. The molecule has 2 heteroatoms. The van der Waals surface area contributed by atoms with Crippen LogP contribution < -0.4 is 5.32 Å². The van der Waals surface area contributed by atoms with Crippen molar-refractivity contribution in [2.45, 2.75) is 83.9 Å².